The number of esters is 1. The van der Waals surface area contributed by atoms with Gasteiger partial charge in [0, 0.05) is 11.9 Å². The lowest BCUT2D eigenvalue weighted by Gasteiger charge is -2.16. The van der Waals surface area contributed by atoms with E-state index in [1.54, 1.807) is 7.11 Å². The summed E-state index contributed by atoms with van der Waals surface area (Å²) in [7, 11) is 2.97. The number of methoxy groups -OCH3 is 2. The number of aromatic nitrogens is 1. The number of hydrogen-bond acceptors (Lipinski definition) is 5. The van der Waals surface area contributed by atoms with Gasteiger partial charge in [-0.2, -0.15) is 0 Å². The van der Waals surface area contributed by atoms with Crippen molar-refractivity contribution >= 4 is 22.6 Å². The number of benzene rings is 2. The van der Waals surface area contributed by atoms with Crippen molar-refractivity contribution in [1.29, 1.82) is 0 Å². The number of H-pyrrole nitrogens is 1. The lowest BCUT2D eigenvalue weighted by atomic mass is 10.1. The number of anilines is 1. The van der Waals surface area contributed by atoms with Crippen LogP contribution in [0.15, 0.2) is 36.4 Å². The number of ether oxygens (including phenoxy) is 3. The van der Waals surface area contributed by atoms with Crippen molar-refractivity contribution in [3.8, 4) is 11.5 Å². The summed E-state index contributed by atoms with van der Waals surface area (Å²) in [5.74, 6) is 0.837. The van der Waals surface area contributed by atoms with Gasteiger partial charge in [-0.25, -0.2) is 4.79 Å². The molecule has 6 nitrogen and oxygen atoms in total. The highest BCUT2D eigenvalue weighted by atomic mass is 16.5. The summed E-state index contributed by atoms with van der Waals surface area (Å²) >= 11 is 0. The zero-order valence-electron chi connectivity index (χ0n) is 14.7. The maximum Gasteiger partial charge on any atom is 0.354 e. The van der Waals surface area contributed by atoms with Crippen molar-refractivity contribution in [2.24, 2.45) is 0 Å². The molecule has 1 aliphatic heterocycles. The summed E-state index contributed by atoms with van der Waals surface area (Å²) in [6.45, 7) is 1.25. The molecule has 0 unspecified atom stereocenters. The molecule has 6 heteroatoms. The smallest absolute Gasteiger partial charge is 0.354 e. The third kappa shape index (κ3) is 2.63. The molecule has 2 aromatic carbocycles. The molecule has 0 fully saturated rings. The molecular weight excluding hydrogens is 332 g/mol. The molecule has 0 saturated carbocycles. The fourth-order valence-corrected chi connectivity index (χ4v) is 3.41. The number of nitrogens with one attached hydrogen (secondary N) is 2. The van der Waals surface area contributed by atoms with Crippen LogP contribution in [0.25, 0.3) is 10.9 Å². The molecule has 0 spiro atoms. The van der Waals surface area contributed by atoms with E-state index in [0.717, 1.165) is 40.7 Å². The number of carbonyl (C=O) groups excluding carboxylic acids is 1. The quantitative estimate of drug-likeness (QED) is 0.688. The zero-order chi connectivity index (χ0) is 18.1. The van der Waals surface area contributed by atoms with E-state index in [0.29, 0.717) is 23.8 Å². The van der Waals surface area contributed by atoms with Crippen molar-refractivity contribution in [2.75, 3.05) is 26.1 Å². The third-order valence-corrected chi connectivity index (χ3v) is 4.62. The van der Waals surface area contributed by atoms with Gasteiger partial charge in [0.05, 0.1) is 25.4 Å². The van der Waals surface area contributed by atoms with Gasteiger partial charge in [0.25, 0.3) is 0 Å². The van der Waals surface area contributed by atoms with E-state index in [-0.39, 0.29) is 0 Å². The van der Waals surface area contributed by atoms with Crippen LogP contribution in [-0.2, 0) is 17.8 Å². The molecule has 0 radical (unpaired) electrons. The molecule has 4 rings (SSSR count). The maximum atomic E-state index is 11.9. The van der Waals surface area contributed by atoms with Crippen LogP contribution in [0.4, 0.5) is 5.69 Å². The highest BCUT2D eigenvalue weighted by Crippen LogP contribution is 2.47. The topological polar surface area (TPSA) is 72.6 Å². The van der Waals surface area contributed by atoms with Crippen molar-refractivity contribution in [1.82, 2.24) is 4.98 Å². The minimum Gasteiger partial charge on any atom is -0.491 e. The van der Waals surface area contributed by atoms with Crippen LogP contribution in [0.3, 0.4) is 0 Å². The van der Waals surface area contributed by atoms with Crippen LogP contribution >= 0.6 is 0 Å². The summed E-state index contributed by atoms with van der Waals surface area (Å²) in [5, 5.41) is 4.34. The van der Waals surface area contributed by atoms with E-state index >= 15 is 0 Å². The van der Waals surface area contributed by atoms with E-state index < -0.39 is 5.97 Å². The first-order chi connectivity index (χ1) is 12.7. The van der Waals surface area contributed by atoms with Gasteiger partial charge >= 0.3 is 5.97 Å². The highest BCUT2D eigenvalue weighted by Gasteiger charge is 2.27. The lowest BCUT2D eigenvalue weighted by Crippen LogP contribution is -2.02. The van der Waals surface area contributed by atoms with Crippen molar-refractivity contribution in [2.45, 2.75) is 13.0 Å². The SMILES string of the molecule is COC(=O)c1cc2c3c(c(OCc4ccccc4)c(OC)c2[nH]1)NCC3. The number of carbonyl (C=O) groups is 1. The Bertz CT molecular complexity index is 963. The van der Waals surface area contributed by atoms with Gasteiger partial charge in [-0.05, 0) is 23.6 Å². The molecular formula is C20H20N2O4. The first kappa shape index (κ1) is 16.3. The van der Waals surface area contributed by atoms with Crippen LogP contribution in [0.2, 0.25) is 0 Å². The molecule has 0 aliphatic carbocycles. The second-order valence-electron chi connectivity index (χ2n) is 6.13. The average Bonchev–Trinajstić information content (AvgIpc) is 3.32. The van der Waals surface area contributed by atoms with Gasteiger partial charge in [0.15, 0.2) is 11.5 Å². The molecule has 2 heterocycles. The summed E-state index contributed by atoms with van der Waals surface area (Å²) in [4.78, 5) is 15.1. The van der Waals surface area contributed by atoms with Crippen molar-refractivity contribution < 1.29 is 19.0 Å². The van der Waals surface area contributed by atoms with E-state index in [9.17, 15) is 4.79 Å². The minimum absolute atomic E-state index is 0.398. The van der Waals surface area contributed by atoms with Gasteiger partial charge in [0.2, 0.25) is 0 Å². The van der Waals surface area contributed by atoms with Gasteiger partial charge in [0.1, 0.15) is 12.3 Å². The Kier molecular flexibility index (Phi) is 4.16. The molecule has 1 aromatic heterocycles. The Morgan fingerprint density at radius 1 is 1.15 bits per heavy atom. The molecule has 2 N–H and O–H groups in total. The Hall–Kier alpha value is -3.15. The van der Waals surface area contributed by atoms with Gasteiger partial charge < -0.3 is 24.5 Å². The van der Waals surface area contributed by atoms with Crippen LogP contribution in [0, 0.1) is 0 Å². The molecule has 134 valence electrons. The highest BCUT2D eigenvalue weighted by molar-refractivity contribution is 6.03. The second kappa shape index (κ2) is 6.63. The summed E-state index contributed by atoms with van der Waals surface area (Å²) in [6.07, 6.45) is 0.857. The maximum absolute atomic E-state index is 11.9. The number of hydrogen-bond donors (Lipinski definition) is 2. The Labute approximate surface area is 151 Å². The van der Waals surface area contributed by atoms with E-state index in [1.807, 2.05) is 36.4 Å². The molecule has 0 amide bonds. The molecule has 3 aromatic rings. The molecule has 0 atom stereocenters. The molecule has 0 bridgehead atoms. The molecule has 26 heavy (non-hydrogen) atoms. The standard InChI is InChI=1S/C20H20N2O4/c1-24-18-17-14(10-15(22-17)20(23)25-2)13-8-9-21-16(13)19(18)26-11-12-6-4-3-5-7-12/h3-7,10,21-22H,8-9,11H2,1-2H3. The third-order valence-electron chi connectivity index (χ3n) is 4.62. The predicted octanol–water partition coefficient (Wildman–Crippen LogP) is 3.51. The first-order valence-corrected chi connectivity index (χ1v) is 8.47. The normalized spacial score (nSPS) is 12.5. The molecule has 0 saturated heterocycles. The Balaban J connectivity index is 1.82. The Morgan fingerprint density at radius 2 is 1.96 bits per heavy atom. The van der Waals surface area contributed by atoms with Gasteiger partial charge in [-0.1, -0.05) is 30.3 Å². The van der Waals surface area contributed by atoms with Crippen LogP contribution in [-0.4, -0.2) is 31.7 Å². The van der Waals surface area contributed by atoms with Gasteiger partial charge in [-0.3, -0.25) is 0 Å². The van der Waals surface area contributed by atoms with Crippen molar-refractivity contribution in [3.05, 3.63) is 53.2 Å². The summed E-state index contributed by atoms with van der Waals surface area (Å²) < 4.78 is 16.6. The monoisotopic (exact) mass is 352 g/mol. The lowest BCUT2D eigenvalue weighted by molar-refractivity contribution is 0.0595. The predicted molar refractivity (Wildman–Crippen MR) is 99.2 cm³/mol. The zero-order valence-corrected chi connectivity index (χ0v) is 14.7. The van der Waals surface area contributed by atoms with E-state index in [1.165, 1.54) is 7.11 Å². The van der Waals surface area contributed by atoms with E-state index in [4.69, 9.17) is 14.2 Å². The van der Waals surface area contributed by atoms with Crippen LogP contribution < -0.4 is 14.8 Å². The Morgan fingerprint density at radius 3 is 2.69 bits per heavy atom. The molecule has 1 aliphatic rings. The minimum atomic E-state index is -0.408. The number of aromatic amines is 1. The fraction of sp³-hybridized carbons (Fsp3) is 0.250. The summed E-state index contributed by atoms with van der Waals surface area (Å²) in [5.41, 5.74) is 4.27. The van der Waals surface area contributed by atoms with Gasteiger partial charge in [-0.15, -0.1) is 0 Å². The summed E-state index contributed by atoms with van der Waals surface area (Å²) in [6, 6.07) is 11.8. The number of fused-ring (bicyclic) bond motifs is 3. The van der Waals surface area contributed by atoms with Crippen LogP contribution in [0.1, 0.15) is 21.6 Å². The fourth-order valence-electron chi connectivity index (χ4n) is 3.41. The van der Waals surface area contributed by atoms with Crippen LogP contribution in [0.5, 0.6) is 11.5 Å². The second-order valence-corrected chi connectivity index (χ2v) is 6.13. The average molecular weight is 352 g/mol. The number of rotatable bonds is 5. The van der Waals surface area contributed by atoms with Crippen molar-refractivity contribution in [3.63, 3.8) is 0 Å². The van der Waals surface area contributed by atoms with E-state index in [2.05, 4.69) is 10.3 Å². The largest absolute Gasteiger partial charge is 0.491 e. The first-order valence-electron chi connectivity index (χ1n) is 8.47.